The Balaban J connectivity index is 1.57. The minimum absolute atomic E-state index is 0.0598. The standard InChI is InChI=1S/C19H22ClN3O2S/c1-14(24)21-18-6-5-17(26-18)13-22-8-7-19(25)23(10-9-22)12-15-3-2-4-16(20)11-15/h2-6,11H,7-10,12-13H2,1H3,(H,21,24). The SMILES string of the molecule is CC(=O)Nc1ccc(CN2CCC(=O)N(Cc3cccc(Cl)c3)CC2)s1. The lowest BCUT2D eigenvalue weighted by atomic mass is 10.2. The van der Waals surface area contributed by atoms with Crippen molar-refractivity contribution in [2.45, 2.75) is 26.4 Å². The van der Waals surface area contributed by atoms with E-state index in [1.807, 2.05) is 41.3 Å². The first-order chi connectivity index (χ1) is 12.5. The van der Waals surface area contributed by atoms with Crippen molar-refractivity contribution in [3.63, 3.8) is 0 Å². The maximum atomic E-state index is 12.4. The van der Waals surface area contributed by atoms with E-state index in [9.17, 15) is 9.59 Å². The highest BCUT2D eigenvalue weighted by Gasteiger charge is 2.21. The van der Waals surface area contributed by atoms with Gasteiger partial charge in [-0.15, -0.1) is 11.3 Å². The van der Waals surface area contributed by atoms with Gasteiger partial charge in [-0.25, -0.2) is 0 Å². The summed E-state index contributed by atoms with van der Waals surface area (Å²) >= 11 is 7.62. The summed E-state index contributed by atoms with van der Waals surface area (Å²) in [6.45, 7) is 5.18. The summed E-state index contributed by atoms with van der Waals surface area (Å²) < 4.78 is 0. The normalized spacial score (nSPS) is 15.8. The van der Waals surface area contributed by atoms with Crippen molar-refractivity contribution in [1.82, 2.24) is 9.80 Å². The Morgan fingerprint density at radius 1 is 1.19 bits per heavy atom. The Bertz CT molecular complexity index is 793. The molecule has 1 fully saturated rings. The average Bonchev–Trinajstić information content (AvgIpc) is 2.94. The number of anilines is 1. The second-order valence-electron chi connectivity index (χ2n) is 6.42. The van der Waals surface area contributed by atoms with E-state index in [4.69, 9.17) is 11.6 Å². The van der Waals surface area contributed by atoms with Crippen LogP contribution in [-0.2, 0) is 22.7 Å². The Kier molecular flexibility index (Phi) is 6.29. The summed E-state index contributed by atoms with van der Waals surface area (Å²) in [5, 5.41) is 4.36. The van der Waals surface area contributed by atoms with Crippen LogP contribution in [0, 0.1) is 0 Å². The summed E-state index contributed by atoms with van der Waals surface area (Å²) in [4.78, 5) is 29.0. The molecule has 0 bridgehead atoms. The fourth-order valence-corrected chi connectivity index (χ4v) is 4.22. The molecule has 0 unspecified atom stereocenters. The lowest BCUT2D eigenvalue weighted by molar-refractivity contribution is -0.131. The summed E-state index contributed by atoms with van der Waals surface area (Å²) in [6.07, 6.45) is 0.518. The molecule has 2 heterocycles. The van der Waals surface area contributed by atoms with Crippen LogP contribution in [0.5, 0.6) is 0 Å². The van der Waals surface area contributed by atoms with Crippen molar-refractivity contribution >= 4 is 39.8 Å². The van der Waals surface area contributed by atoms with Crippen LogP contribution in [0.15, 0.2) is 36.4 Å². The van der Waals surface area contributed by atoms with Crippen molar-refractivity contribution in [3.05, 3.63) is 51.9 Å². The molecule has 2 aromatic rings. The topological polar surface area (TPSA) is 52.7 Å². The number of thiophene rings is 1. The van der Waals surface area contributed by atoms with E-state index in [1.54, 1.807) is 11.3 Å². The Morgan fingerprint density at radius 2 is 2.04 bits per heavy atom. The van der Waals surface area contributed by atoms with Gasteiger partial charge in [-0.05, 0) is 29.8 Å². The van der Waals surface area contributed by atoms with Crippen molar-refractivity contribution in [1.29, 1.82) is 0 Å². The zero-order chi connectivity index (χ0) is 18.5. The van der Waals surface area contributed by atoms with Crippen LogP contribution >= 0.6 is 22.9 Å². The number of rotatable bonds is 5. The van der Waals surface area contributed by atoms with Crippen molar-refractivity contribution in [2.75, 3.05) is 25.0 Å². The fraction of sp³-hybridized carbons (Fsp3) is 0.368. The van der Waals surface area contributed by atoms with E-state index < -0.39 is 0 Å². The molecule has 7 heteroatoms. The molecule has 138 valence electrons. The molecule has 5 nitrogen and oxygen atoms in total. The van der Waals surface area contributed by atoms with Gasteiger partial charge in [0.25, 0.3) is 0 Å². The van der Waals surface area contributed by atoms with Crippen LogP contribution in [0.1, 0.15) is 23.8 Å². The van der Waals surface area contributed by atoms with E-state index in [0.717, 1.165) is 30.2 Å². The molecular formula is C19H22ClN3O2S. The molecule has 1 saturated heterocycles. The maximum Gasteiger partial charge on any atom is 0.224 e. The van der Waals surface area contributed by atoms with Gasteiger partial charge in [0, 0.05) is 56.0 Å². The van der Waals surface area contributed by atoms with Gasteiger partial charge in [-0.3, -0.25) is 14.5 Å². The van der Waals surface area contributed by atoms with Crippen LogP contribution in [-0.4, -0.2) is 41.2 Å². The first kappa shape index (κ1) is 18.9. The third-order valence-electron chi connectivity index (χ3n) is 4.28. The van der Waals surface area contributed by atoms with Gasteiger partial charge in [-0.1, -0.05) is 23.7 Å². The number of nitrogens with one attached hydrogen (secondary N) is 1. The van der Waals surface area contributed by atoms with Gasteiger partial charge in [0.2, 0.25) is 11.8 Å². The molecule has 0 saturated carbocycles. The third-order valence-corrected chi connectivity index (χ3v) is 5.50. The number of benzene rings is 1. The quantitative estimate of drug-likeness (QED) is 0.847. The molecule has 1 aliphatic rings. The largest absolute Gasteiger partial charge is 0.337 e. The summed E-state index contributed by atoms with van der Waals surface area (Å²) in [6, 6.07) is 11.6. The number of halogens is 1. The van der Waals surface area contributed by atoms with Gasteiger partial charge in [0.1, 0.15) is 0 Å². The predicted octanol–water partition coefficient (Wildman–Crippen LogP) is 3.59. The summed E-state index contributed by atoms with van der Waals surface area (Å²) in [5.74, 6) is 0.119. The van der Waals surface area contributed by atoms with Gasteiger partial charge in [-0.2, -0.15) is 0 Å². The molecule has 26 heavy (non-hydrogen) atoms. The number of nitrogens with zero attached hydrogens (tertiary/aromatic N) is 2. The third kappa shape index (κ3) is 5.30. The minimum atomic E-state index is -0.0598. The van der Waals surface area contributed by atoms with E-state index in [1.165, 1.54) is 11.8 Å². The average molecular weight is 392 g/mol. The van der Waals surface area contributed by atoms with Gasteiger partial charge in [0.05, 0.1) is 5.00 Å². The molecular weight excluding hydrogens is 370 g/mol. The van der Waals surface area contributed by atoms with Crippen LogP contribution in [0.3, 0.4) is 0 Å². The van der Waals surface area contributed by atoms with E-state index in [0.29, 0.717) is 24.5 Å². The van der Waals surface area contributed by atoms with Crippen molar-refractivity contribution < 1.29 is 9.59 Å². The Morgan fingerprint density at radius 3 is 2.81 bits per heavy atom. The highest BCUT2D eigenvalue weighted by atomic mass is 35.5. The Labute approximate surface area is 162 Å². The van der Waals surface area contributed by atoms with Crippen LogP contribution in [0.4, 0.5) is 5.00 Å². The van der Waals surface area contributed by atoms with Crippen LogP contribution in [0.25, 0.3) is 0 Å². The first-order valence-electron chi connectivity index (χ1n) is 8.60. The predicted molar refractivity (Wildman–Crippen MR) is 105 cm³/mol. The fourth-order valence-electron chi connectivity index (χ4n) is 3.02. The first-order valence-corrected chi connectivity index (χ1v) is 9.80. The lowest BCUT2D eigenvalue weighted by Gasteiger charge is -2.22. The molecule has 0 spiro atoms. The molecule has 0 aliphatic carbocycles. The highest BCUT2D eigenvalue weighted by Crippen LogP contribution is 2.24. The molecule has 1 aliphatic heterocycles. The smallest absolute Gasteiger partial charge is 0.224 e. The van der Waals surface area contributed by atoms with Gasteiger partial charge < -0.3 is 10.2 Å². The molecule has 1 aromatic heterocycles. The number of carbonyl (C=O) groups excluding carboxylic acids is 2. The van der Waals surface area contributed by atoms with Gasteiger partial charge >= 0.3 is 0 Å². The number of hydrogen-bond donors (Lipinski definition) is 1. The van der Waals surface area contributed by atoms with E-state index >= 15 is 0 Å². The highest BCUT2D eigenvalue weighted by molar-refractivity contribution is 7.16. The molecule has 0 radical (unpaired) electrons. The second-order valence-corrected chi connectivity index (χ2v) is 8.02. The monoisotopic (exact) mass is 391 g/mol. The van der Waals surface area contributed by atoms with Crippen molar-refractivity contribution in [3.8, 4) is 0 Å². The number of amides is 2. The van der Waals surface area contributed by atoms with Crippen LogP contribution in [0.2, 0.25) is 5.02 Å². The number of hydrogen-bond acceptors (Lipinski definition) is 4. The zero-order valence-electron chi connectivity index (χ0n) is 14.7. The molecule has 1 aromatic carbocycles. The second kappa shape index (κ2) is 8.66. The van der Waals surface area contributed by atoms with E-state index in [-0.39, 0.29) is 11.8 Å². The minimum Gasteiger partial charge on any atom is -0.337 e. The molecule has 1 N–H and O–H groups in total. The summed E-state index contributed by atoms with van der Waals surface area (Å²) in [7, 11) is 0. The van der Waals surface area contributed by atoms with Gasteiger partial charge in [0.15, 0.2) is 0 Å². The molecule has 2 amide bonds. The number of carbonyl (C=O) groups is 2. The Hall–Kier alpha value is -1.89. The van der Waals surface area contributed by atoms with E-state index in [2.05, 4.69) is 10.2 Å². The van der Waals surface area contributed by atoms with Crippen LogP contribution < -0.4 is 5.32 Å². The lowest BCUT2D eigenvalue weighted by Crippen LogP contribution is -2.32. The zero-order valence-corrected chi connectivity index (χ0v) is 16.3. The summed E-state index contributed by atoms with van der Waals surface area (Å²) in [5.41, 5.74) is 1.05. The maximum absolute atomic E-state index is 12.4. The molecule has 0 atom stereocenters. The van der Waals surface area contributed by atoms with Crippen molar-refractivity contribution in [2.24, 2.45) is 0 Å². The molecule has 3 rings (SSSR count).